The predicted molar refractivity (Wildman–Crippen MR) is 28.2 cm³/mol. The van der Waals surface area contributed by atoms with E-state index >= 15 is 0 Å². The molecule has 3 heteroatoms. The Balaban J connectivity index is 3.64. The highest BCUT2D eigenvalue weighted by Crippen LogP contribution is 1.98. The fourth-order valence-electron chi connectivity index (χ4n) is 0.243. The summed E-state index contributed by atoms with van der Waals surface area (Å²) in [7, 11) is 0. The van der Waals surface area contributed by atoms with E-state index in [9.17, 15) is 4.79 Å². The Morgan fingerprint density at radius 2 is 2.12 bits per heavy atom. The summed E-state index contributed by atoms with van der Waals surface area (Å²) in [6.45, 7) is 4.87. The molecule has 0 aliphatic carbocycles. The third kappa shape index (κ3) is 1.93. The smallest absolute Gasteiger partial charge is 0.332 e. The molecule has 0 aromatic rings. The molecule has 0 saturated heterocycles. The minimum atomic E-state index is -1.32. The van der Waals surface area contributed by atoms with Crippen molar-refractivity contribution < 1.29 is 15.0 Å². The van der Waals surface area contributed by atoms with Crippen LogP contribution in [0.25, 0.3) is 0 Å². The van der Waals surface area contributed by atoms with Crippen LogP contribution < -0.4 is 0 Å². The molecule has 0 aromatic carbocycles. The van der Waals surface area contributed by atoms with Crippen molar-refractivity contribution in [2.45, 2.75) is 13.0 Å². The Morgan fingerprint density at radius 3 is 2.12 bits per heavy atom. The van der Waals surface area contributed by atoms with Gasteiger partial charge in [-0.05, 0) is 12.8 Å². The Labute approximate surface area is 47.9 Å². The van der Waals surface area contributed by atoms with Crippen molar-refractivity contribution in [3.8, 4) is 0 Å². The molecule has 0 heterocycles. The van der Waals surface area contributed by atoms with Gasteiger partial charge in [-0.3, -0.25) is 0 Å². The summed E-state index contributed by atoms with van der Waals surface area (Å²) >= 11 is 0. The molecule has 0 aromatic heterocycles. The van der Waals surface area contributed by atoms with Crippen molar-refractivity contribution in [2.75, 3.05) is 0 Å². The number of hydrogen-bond acceptors (Lipinski definition) is 2. The quantitative estimate of drug-likeness (QED) is 0.531. The lowest BCUT2D eigenvalue weighted by atomic mass is 10.1. The third-order valence-electron chi connectivity index (χ3n) is 0.792. The lowest BCUT2D eigenvalue weighted by Crippen LogP contribution is -2.25. The fourth-order valence-corrected chi connectivity index (χ4v) is 0.243. The molecule has 0 aliphatic heterocycles. The van der Waals surface area contributed by atoms with Gasteiger partial charge in [-0.2, -0.15) is 0 Å². The van der Waals surface area contributed by atoms with Crippen LogP contribution in [0, 0.1) is 12.8 Å². The Hall–Kier alpha value is -0.570. The summed E-state index contributed by atoms with van der Waals surface area (Å²) in [5.74, 6) is -1.67. The number of aliphatic carboxylic acids is 1. The summed E-state index contributed by atoms with van der Waals surface area (Å²) in [6.07, 6.45) is -1.32. The van der Waals surface area contributed by atoms with Gasteiger partial charge in [0.1, 0.15) is 0 Å². The molecule has 1 radical (unpaired) electrons. The molecule has 0 fully saturated rings. The van der Waals surface area contributed by atoms with Gasteiger partial charge in [-0.25, -0.2) is 4.79 Å². The van der Waals surface area contributed by atoms with Crippen molar-refractivity contribution in [3.05, 3.63) is 6.92 Å². The maximum Gasteiger partial charge on any atom is 0.332 e. The first kappa shape index (κ1) is 7.43. The minimum Gasteiger partial charge on any atom is -0.479 e. The van der Waals surface area contributed by atoms with E-state index in [0.717, 1.165) is 0 Å². The second-order valence-corrected chi connectivity index (χ2v) is 1.76. The van der Waals surface area contributed by atoms with Gasteiger partial charge in [0.2, 0.25) is 0 Å². The van der Waals surface area contributed by atoms with Crippen molar-refractivity contribution in [3.63, 3.8) is 0 Å². The molecule has 0 spiro atoms. The average molecular weight is 117 g/mol. The van der Waals surface area contributed by atoms with Crippen LogP contribution in [-0.2, 0) is 4.79 Å². The van der Waals surface area contributed by atoms with Gasteiger partial charge in [0.15, 0.2) is 6.10 Å². The maximum atomic E-state index is 9.85. The zero-order valence-electron chi connectivity index (χ0n) is 4.66. The molecule has 2 atom stereocenters. The molecule has 0 rings (SSSR count). The van der Waals surface area contributed by atoms with Gasteiger partial charge >= 0.3 is 5.97 Å². The second-order valence-electron chi connectivity index (χ2n) is 1.76. The molecule has 3 nitrogen and oxygen atoms in total. The van der Waals surface area contributed by atoms with E-state index in [2.05, 4.69) is 6.92 Å². The van der Waals surface area contributed by atoms with E-state index in [-0.39, 0.29) is 0 Å². The number of carboxylic acids is 1. The van der Waals surface area contributed by atoms with Crippen LogP contribution in [0.1, 0.15) is 6.92 Å². The Bertz CT molecular complexity index is 87.7. The van der Waals surface area contributed by atoms with Crippen molar-refractivity contribution >= 4 is 5.97 Å². The Kier molecular flexibility index (Phi) is 2.48. The second kappa shape index (κ2) is 2.67. The molecule has 2 unspecified atom stereocenters. The van der Waals surface area contributed by atoms with Crippen molar-refractivity contribution in [2.24, 2.45) is 5.92 Å². The molecule has 0 saturated carbocycles. The highest BCUT2D eigenvalue weighted by atomic mass is 16.4. The first-order valence-corrected chi connectivity index (χ1v) is 2.29. The average Bonchev–Trinajstić information content (AvgIpc) is 1.64. The minimum absolute atomic E-state index is 0.451. The lowest BCUT2D eigenvalue weighted by Gasteiger charge is -2.06. The van der Waals surface area contributed by atoms with Crippen LogP contribution in [0.5, 0.6) is 0 Å². The highest BCUT2D eigenvalue weighted by Gasteiger charge is 2.16. The molecular formula is C5H9O3. The topological polar surface area (TPSA) is 57.5 Å². The SMILES string of the molecule is [CH2]C(C)C(O)C(=O)O. The normalized spacial score (nSPS) is 14.0. The first-order valence-electron chi connectivity index (χ1n) is 2.29. The van der Waals surface area contributed by atoms with Gasteiger partial charge in [0, 0.05) is 0 Å². The summed E-state index contributed by atoms with van der Waals surface area (Å²) < 4.78 is 0. The largest absolute Gasteiger partial charge is 0.479 e. The summed E-state index contributed by atoms with van der Waals surface area (Å²) in [4.78, 5) is 9.85. The fraction of sp³-hybridized carbons (Fsp3) is 0.600. The van der Waals surface area contributed by atoms with E-state index in [1.807, 2.05) is 0 Å². The summed E-state index contributed by atoms with van der Waals surface area (Å²) in [5, 5.41) is 16.6. The number of hydrogen-bond donors (Lipinski definition) is 2. The highest BCUT2D eigenvalue weighted by molar-refractivity contribution is 5.72. The van der Waals surface area contributed by atoms with Crippen LogP contribution in [0.2, 0.25) is 0 Å². The Morgan fingerprint density at radius 1 is 1.75 bits per heavy atom. The standard InChI is InChI=1S/C5H9O3/c1-3(2)4(6)5(7)8/h3-4,6H,1H2,2H3,(H,7,8). The van der Waals surface area contributed by atoms with Gasteiger partial charge in [-0.15, -0.1) is 0 Å². The molecule has 0 amide bonds. The van der Waals surface area contributed by atoms with E-state index in [1.54, 1.807) is 6.92 Å². The molecular weight excluding hydrogens is 108 g/mol. The van der Waals surface area contributed by atoms with Crippen LogP contribution in [-0.4, -0.2) is 22.3 Å². The van der Waals surface area contributed by atoms with Crippen molar-refractivity contribution in [1.29, 1.82) is 0 Å². The first-order chi connectivity index (χ1) is 3.55. The van der Waals surface area contributed by atoms with Gasteiger partial charge in [0.05, 0.1) is 0 Å². The van der Waals surface area contributed by atoms with Crippen LogP contribution in [0.4, 0.5) is 0 Å². The van der Waals surface area contributed by atoms with Gasteiger partial charge in [-0.1, -0.05) is 6.92 Å². The number of aliphatic hydroxyl groups excluding tert-OH is 1. The molecule has 0 bridgehead atoms. The van der Waals surface area contributed by atoms with Crippen LogP contribution >= 0.6 is 0 Å². The zero-order chi connectivity index (χ0) is 6.73. The lowest BCUT2D eigenvalue weighted by molar-refractivity contribution is -0.148. The van der Waals surface area contributed by atoms with E-state index in [0.29, 0.717) is 0 Å². The van der Waals surface area contributed by atoms with Crippen LogP contribution in [0.3, 0.4) is 0 Å². The maximum absolute atomic E-state index is 9.85. The zero-order valence-corrected chi connectivity index (χ0v) is 4.66. The molecule has 2 N–H and O–H groups in total. The number of carbonyl (C=O) groups is 1. The van der Waals surface area contributed by atoms with Gasteiger partial charge in [0.25, 0.3) is 0 Å². The van der Waals surface area contributed by atoms with Crippen molar-refractivity contribution in [1.82, 2.24) is 0 Å². The number of carboxylic acid groups (broad SMARTS) is 1. The summed E-state index contributed by atoms with van der Waals surface area (Å²) in [5.41, 5.74) is 0. The number of rotatable bonds is 2. The molecule has 0 aliphatic rings. The van der Waals surface area contributed by atoms with E-state index in [1.165, 1.54) is 0 Å². The van der Waals surface area contributed by atoms with Gasteiger partial charge < -0.3 is 10.2 Å². The third-order valence-corrected chi connectivity index (χ3v) is 0.792. The van der Waals surface area contributed by atoms with E-state index < -0.39 is 18.0 Å². The monoisotopic (exact) mass is 117 g/mol. The molecule has 8 heavy (non-hydrogen) atoms. The predicted octanol–water partition coefficient (Wildman–Crippen LogP) is -0.0979. The molecule has 47 valence electrons. The summed E-state index contributed by atoms with van der Waals surface area (Å²) in [6, 6.07) is 0. The van der Waals surface area contributed by atoms with E-state index in [4.69, 9.17) is 10.2 Å². The number of aliphatic hydroxyl groups is 1. The van der Waals surface area contributed by atoms with Crippen LogP contribution in [0.15, 0.2) is 0 Å².